The number of allylic oxidation sites excluding steroid dienone is 4. The fourth-order valence-electron chi connectivity index (χ4n) is 5.75. The lowest BCUT2D eigenvalue weighted by molar-refractivity contribution is -0.118. The zero-order chi connectivity index (χ0) is 27.7. The van der Waals surface area contributed by atoms with E-state index < -0.39 is 5.92 Å². The van der Waals surface area contributed by atoms with Gasteiger partial charge >= 0.3 is 0 Å². The second-order valence-electron chi connectivity index (χ2n) is 10.3. The van der Waals surface area contributed by atoms with Gasteiger partial charge in [0.2, 0.25) is 0 Å². The molecule has 0 saturated heterocycles. The number of ketones is 2. The maximum atomic E-state index is 13.2. The highest BCUT2D eigenvalue weighted by Crippen LogP contribution is 2.47. The first-order valence-corrected chi connectivity index (χ1v) is 14.6. The van der Waals surface area contributed by atoms with Gasteiger partial charge in [-0.25, -0.2) is 0 Å². The van der Waals surface area contributed by atoms with E-state index in [1.54, 1.807) is 0 Å². The van der Waals surface area contributed by atoms with Gasteiger partial charge in [-0.1, -0.05) is 17.7 Å². The van der Waals surface area contributed by atoms with Crippen LogP contribution in [0.3, 0.4) is 0 Å². The molecule has 0 fully saturated rings. The largest absolute Gasteiger partial charge is 0.490 e. The van der Waals surface area contributed by atoms with Crippen LogP contribution in [0.25, 0.3) is 0 Å². The van der Waals surface area contributed by atoms with Crippen LogP contribution in [0.15, 0.2) is 52.9 Å². The molecule has 1 amide bonds. The van der Waals surface area contributed by atoms with Gasteiger partial charge < -0.3 is 20.1 Å². The topological polar surface area (TPSA) is 93.7 Å². The molecule has 0 spiro atoms. The predicted molar refractivity (Wildman–Crippen MR) is 158 cm³/mol. The first-order valence-electron chi connectivity index (χ1n) is 13.5. The van der Waals surface area contributed by atoms with Gasteiger partial charge in [-0.3, -0.25) is 14.4 Å². The van der Waals surface area contributed by atoms with Crippen molar-refractivity contribution in [3.05, 3.63) is 73.1 Å². The van der Waals surface area contributed by atoms with E-state index in [2.05, 4.69) is 33.2 Å². The minimum atomic E-state index is -0.425. The van der Waals surface area contributed by atoms with Gasteiger partial charge in [-0.2, -0.15) is 0 Å². The Morgan fingerprint density at radius 2 is 1.64 bits per heavy atom. The van der Waals surface area contributed by atoms with Gasteiger partial charge in [0.1, 0.15) is 0 Å². The number of anilines is 1. The average Bonchev–Trinajstić information content (AvgIpc) is 2.89. The summed E-state index contributed by atoms with van der Waals surface area (Å²) in [4.78, 5) is 39.1. The standard InChI is InChI=1S/C31H33IN2O5/c1-4-38-26-15-19(14-20(32)31(26)39-16-27(37)34-21-12-11-17(2)13-18(21)3)28-29-22(7-5-9-24(29)35)33-23-8-6-10-25(36)30(23)28/h11-15,28,33H,4-10,16H2,1-3H3,(H,34,37). The fraction of sp³-hybridized carbons (Fsp3) is 0.387. The van der Waals surface area contributed by atoms with Crippen molar-refractivity contribution in [1.29, 1.82) is 0 Å². The van der Waals surface area contributed by atoms with Gasteiger partial charge in [0.05, 0.1) is 10.2 Å². The third kappa shape index (κ3) is 5.62. The summed E-state index contributed by atoms with van der Waals surface area (Å²) >= 11 is 2.18. The van der Waals surface area contributed by atoms with Crippen molar-refractivity contribution < 1.29 is 23.9 Å². The molecule has 2 aromatic carbocycles. The Hall–Kier alpha value is -3.14. The van der Waals surface area contributed by atoms with Crippen LogP contribution in [0.4, 0.5) is 5.69 Å². The molecule has 0 unspecified atom stereocenters. The number of hydrogen-bond donors (Lipinski definition) is 2. The van der Waals surface area contributed by atoms with Crippen molar-refractivity contribution in [3.8, 4) is 11.5 Å². The third-order valence-corrected chi connectivity index (χ3v) is 8.26. The van der Waals surface area contributed by atoms with E-state index in [4.69, 9.17) is 9.47 Å². The van der Waals surface area contributed by atoms with Gasteiger partial charge in [-0.15, -0.1) is 0 Å². The number of carbonyl (C=O) groups is 3. The summed E-state index contributed by atoms with van der Waals surface area (Å²) < 4.78 is 12.7. The minimum absolute atomic E-state index is 0.0926. The highest BCUT2D eigenvalue weighted by atomic mass is 127. The summed E-state index contributed by atoms with van der Waals surface area (Å²) in [5.74, 6) is 0.455. The van der Waals surface area contributed by atoms with E-state index in [9.17, 15) is 14.4 Å². The Kier molecular flexibility index (Phi) is 8.11. The lowest BCUT2D eigenvalue weighted by Gasteiger charge is -2.37. The number of aryl methyl sites for hydroxylation is 2. The molecule has 0 saturated carbocycles. The van der Waals surface area contributed by atoms with Crippen molar-refractivity contribution >= 4 is 45.8 Å². The van der Waals surface area contributed by atoms with Crippen LogP contribution in [-0.2, 0) is 14.4 Å². The molecule has 2 N–H and O–H groups in total. The highest BCUT2D eigenvalue weighted by molar-refractivity contribution is 14.1. The Morgan fingerprint density at radius 1 is 0.974 bits per heavy atom. The second kappa shape index (κ2) is 11.5. The summed E-state index contributed by atoms with van der Waals surface area (Å²) in [6, 6.07) is 9.68. The Bertz CT molecular complexity index is 1380. The number of hydrogen-bond acceptors (Lipinski definition) is 6. The molecule has 3 aliphatic rings. The van der Waals surface area contributed by atoms with Crippen LogP contribution in [-0.4, -0.2) is 30.7 Å². The number of carbonyl (C=O) groups excluding carboxylic acids is 3. The average molecular weight is 641 g/mol. The minimum Gasteiger partial charge on any atom is -0.490 e. The van der Waals surface area contributed by atoms with E-state index in [0.717, 1.165) is 63.0 Å². The molecule has 1 aliphatic heterocycles. The number of amides is 1. The van der Waals surface area contributed by atoms with Gasteiger partial charge in [-0.05, 0) is 98.4 Å². The summed E-state index contributed by atoms with van der Waals surface area (Å²) in [6.07, 6.45) is 4.20. The molecule has 5 rings (SSSR count). The maximum absolute atomic E-state index is 13.2. The lowest BCUT2D eigenvalue weighted by atomic mass is 9.71. The van der Waals surface area contributed by atoms with Crippen molar-refractivity contribution in [3.63, 3.8) is 0 Å². The molecule has 0 atom stereocenters. The SMILES string of the molecule is CCOc1cc(C2C3=C(CCCC3=O)NC3=C2C(=O)CCC3)cc(I)c1OCC(=O)Nc1ccc(C)cc1C. The quantitative estimate of drug-likeness (QED) is 0.360. The highest BCUT2D eigenvalue weighted by Gasteiger charge is 2.40. The third-order valence-electron chi connectivity index (χ3n) is 7.46. The molecule has 0 bridgehead atoms. The predicted octanol–water partition coefficient (Wildman–Crippen LogP) is 6.03. The van der Waals surface area contributed by atoms with Crippen LogP contribution in [0, 0.1) is 17.4 Å². The van der Waals surface area contributed by atoms with Crippen LogP contribution >= 0.6 is 22.6 Å². The van der Waals surface area contributed by atoms with Crippen molar-refractivity contribution in [2.45, 2.75) is 65.2 Å². The molecule has 2 aromatic rings. The molecular formula is C31H33IN2O5. The number of Topliss-reactive ketones (excluding diaryl/α,β-unsaturated/α-hetero) is 2. The molecule has 39 heavy (non-hydrogen) atoms. The van der Waals surface area contributed by atoms with E-state index >= 15 is 0 Å². The Labute approximate surface area is 242 Å². The molecule has 204 valence electrons. The molecule has 8 heteroatoms. The second-order valence-corrected chi connectivity index (χ2v) is 11.5. The van der Waals surface area contributed by atoms with E-state index in [0.29, 0.717) is 42.1 Å². The summed E-state index contributed by atoms with van der Waals surface area (Å²) in [6.45, 7) is 6.07. The first kappa shape index (κ1) is 27.4. The summed E-state index contributed by atoms with van der Waals surface area (Å²) in [5, 5.41) is 6.37. The summed E-state index contributed by atoms with van der Waals surface area (Å²) in [7, 11) is 0. The van der Waals surface area contributed by atoms with Crippen LogP contribution in [0.2, 0.25) is 0 Å². The normalized spacial score (nSPS) is 17.4. The monoisotopic (exact) mass is 640 g/mol. The van der Waals surface area contributed by atoms with E-state index in [1.807, 2.05) is 51.1 Å². The molecule has 1 heterocycles. The Balaban J connectivity index is 1.46. The van der Waals surface area contributed by atoms with Gasteiger partial charge in [0.15, 0.2) is 29.7 Å². The molecular weight excluding hydrogens is 607 g/mol. The van der Waals surface area contributed by atoms with Crippen molar-refractivity contribution in [2.75, 3.05) is 18.5 Å². The number of ether oxygens (including phenoxy) is 2. The van der Waals surface area contributed by atoms with Crippen LogP contribution in [0.1, 0.15) is 68.1 Å². The lowest BCUT2D eigenvalue weighted by Crippen LogP contribution is -2.36. The van der Waals surface area contributed by atoms with E-state index in [1.165, 1.54) is 0 Å². The van der Waals surface area contributed by atoms with E-state index in [-0.39, 0.29) is 24.1 Å². The van der Waals surface area contributed by atoms with Gasteiger partial charge in [0, 0.05) is 47.0 Å². The van der Waals surface area contributed by atoms with Gasteiger partial charge in [0.25, 0.3) is 5.91 Å². The molecule has 2 aliphatic carbocycles. The maximum Gasteiger partial charge on any atom is 0.262 e. The molecule has 0 radical (unpaired) electrons. The first-order chi connectivity index (χ1) is 18.8. The Morgan fingerprint density at radius 3 is 2.26 bits per heavy atom. The summed E-state index contributed by atoms with van der Waals surface area (Å²) in [5.41, 5.74) is 6.99. The number of benzene rings is 2. The van der Waals surface area contributed by atoms with Crippen molar-refractivity contribution in [2.24, 2.45) is 0 Å². The fourth-order valence-corrected chi connectivity index (χ4v) is 6.53. The van der Waals surface area contributed by atoms with Crippen molar-refractivity contribution in [1.82, 2.24) is 5.32 Å². The number of halogens is 1. The smallest absolute Gasteiger partial charge is 0.262 e. The van der Waals surface area contributed by atoms with Crippen LogP contribution in [0.5, 0.6) is 11.5 Å². The number of dihydropyridines is 1. The zero-order valence-corrected chi connectivity index (χ0v) is 24.7. The van der Waals surface area contributed by atoms with Crippen LogP contribution < -0.4 is 20.1 Å². The molecule has 7 nitrogen and oxygen atoms in total. The zero-order valence-electron chi connectivity index (χ0n) is 22.5. The number of nitrogens with one attached hydrogen (secondary N) is 2. The number of rotatable bonds is 7. The molecule has 0 aromatic heterocycles.